The maximum atomic E-state index is 9.28. The van der Waals surface area contributed by atoms with Crippen molar-refractivity contribution in [3.05, 3.63) is 47.5 Å². The zero-order valence-electron chi connectivity index (χ0n) is 8.61. The minimum absolute atomic E-state index is 0.130. The third-order valence-corrected chi connectivity index (χ3v) is 3.24. The second-order valence-electron chi connectivity index (χ2n) is 4.29. The molecule has 2 aromatic rings. The van der Waals surface area contributed by atoms with Gasteiger partial charge in [0, 0.05) is 0 Å². The number of aliphatic hydroxyl groups is 1. The van der Waals surface area contributed by atoms with E-state index < -0.39 is 0 Å². The third-order valence-electron chi connectivity index (χ3n) is 3.24. The minimum Gasteiger partial charge on any atom is -0.392 e. The van der Waals surface area contributed by atoms with E-state index in [4.69, 9.17) is 0 Å². The number of aliphatic hydroxyl groups excluding tert-OH is 1. The van der Waals surface area contributed by atoms with Crippen LogP contribution >= 0.6 is 0 Å². The van der Waals surface area contributed by atoms with E-state index in [9.17, 15) is 5.11 Å². The molecule has 1 aliphatic carbocycles. The van der Waals surface area contributed by atoms with Crippen LogP contribution in [0.1, 0.15) is 29.9 Å². The number of rotatable bonds is 2. The summed E-state index contributed by atoms with van der Waals surface area (Å²) in [7, 11) is 0. The summed E-state index contributed by atoms with van der Waals surface area (Å²) in [6, 6.07) is 12.6. The summed E-state index contributed by atoms with van der Waals surface area (Å²) in [5.41, 5.74) is 2.50. The van der Waals surface area contributed by atoms with E-state index in [-0.39, 0.29) is 6.61 Å². The Bertz CT molecular complexity index is 498. The molecule has 1 fully saturated rings. The fraction of sp³-hybridized carbons (Fsp3) is 0.286. The standard InChI is InChI=1S/C14H14O/c15-9-11-7-8-13(10-5-6-10)14-4-2-1-3-12(11)14/h1-4,7-8,10,15H,5-6,9H2. The zero-order chi connectivity index (χ0) is 10.3. The van der Waals surface area contributed by atoms with Gasteiger partial charge in [0.05, 0.1) is 6.61 Å². The van der Waals surface area contributed by atoms with Crippen molar-refractivity contribution in [2.45, 2.75) is 25.4 Å². The molecule has 0 radical (unpaired) electrons. The molecule has 2 aromatic carbocycles. The SMILES string of the molecule is OCc1ccc(C2CC2)c2ccccc12. The predicted octanol–water partition coefficient (Wildman–Crippen LogP) is 3.21. The summed E-state index contributed by atoms with van der Waals surface area (Å²) in [5, 5.41) is 11.8. The van der Waals surface area contributed by atoms with Crippen molar-refractivity contribution in [2.24, 2.45) is 0 Å². The van der Waals surface area contributed by atoms with E-state index in [1.165, 1.54) is 29.2 Å². The normalized spacial score (nSPS) is 15.8. The molecular weight excluding hydrogens is 184 g/mol. The largest absolute Gasteiger partial charge is 0.392 e. The van der Waals surface area contributed by atoms with Crippen LogP contribution in [0.25, 0.3) is 10.8 Å². The second-order valence-corrected chi connectivity index (χ2v) is 4.29. The van der Waals surface area contributed by atoms with Gasteiger partial charge >= 0.3 is 0 Å². The minimum atomic E-state index is 0.130. The van der Waals surface area contributed by atoms with Crippen LogP contribution in [0.5, 0.6) is 0 Å². The fourth-order valence-electron chi connectivity index (χ4n) is 2.27. The van der Waals surface area contributed by atoms with Gasteiger partial charge < -0.3 is 5.11 Å². The summed E-state index contributed by atoms with van der Waals surface area (Å²) < 4.78 is 0. The van der Waals surface area contributed by atoms with Crippen LogP contribution in [0.15, 0.2) is 36.4 Å². The van der Waals surface area contributed by atoms with Gasteiger partial charge in [-0.25, -0.2) is 0 Å². The maximum absolute atomic E-state index is 9.28. The Balaban J connectivity index is 2.30. The van der Waals surface area contributed by atoms with Crippen LogP contribution in [-0.4, -0.2) is 5.11 Å². The Labute approximate surface area is 89.4 Å². The number of hydrogen-bond acceptors (Lipinski definition) is 1. The van der Waals surface area contributed by atoms with Crippen molar-refractivity contribution in [2.75, 3.05) is 0 Å². The number of fused-ring (bicyclic) bond motifs is 1. The first-order valence-corrected chi connectivity index (χ1v) is 5.51. The first kappa shape index (κ1) is 8.93. The molecule has 0 aliphatic heterocycles. The summed E-state index contributed by atoms with van der Waals surface area (Å²) in [6.45, 7) is 0.130. The van der Waals surface area contributed by atoms with E-state index in [2.05, 4.69) is 30.3 Å². The van der Waals surface area contributed by atoms with Crippen LogP contribution in [-0.2, 0) is 6.61 Å². The van der Waals surface area contributed by atoms with Crippen LogP contribution in [0.3, 0.4) is 0 Å². The Morgan fingerprint density at radius 2 is 1.73 bits per heavy atom. The molecule has 1 aliphatic rings. The number of hydrogen-bond donors (Lipinski definition) is 1. The van der Waals surface area contributed by atoms with Crippen molar-refractivity contribution in [1.29, 1.82) is 0 Å². The molecule has 1 nitrogen and oxygen atoms in total. The topological polar surface area (TPSA) is 20.2 Å². The van der Waals surface area contributed by atoms with Crippen molar-refractivity contribution in [1.82, 2.24) is 0 Å². The summed E-state index contributed by atoms with van der Waals surface area (Å²) >= 11 is 0. The second kappa shape index (κ2) is 3.35. The zero-order valence-corrected chi connectivity index (χ0v) is 8.61. The predicted molar refractivity (Wildman–Crippen MR) is 61.8 cm³/mol. The average Bonchev–Trinajstić information content (AvgIpc) is 3.11. The highest BCUT2D eigenvalue weighted by Crippen LogP contribution is 2.43. The van der Waals surface area contributed by atoms with Gasteiger partial charge in [-0.3, -0.25) is 0 Å². The molecule has 1 saturated carbocycles. The van der Waals surface area contributed by atoms with E-state index in [0.717, 1.165) is 11.5 Å². The van der Waals surface area contributed by atoms with Crippen molar-refractivity contribution < 1.29 is 5.11 Å². The molecule has 0 amide bonds. The van der Waals surface area contributed by atoms with Crippen LogP contribution in [0, 0.1) is 0 Å². The smallest absolute Gasteiger partial charge is 0.0687 e. The first-order chi connectivity index (χ1) is 7.40. The fourth-order valence-corrected chi connectivity index (χ4v) is 2.27. The monoisotopic (exact) mass is 198 g/mol. The lowest BCUT2D eigenvalue weighted by molar-refractivity contribution is 0.283. The highest BCUT2D eigenvalue weighted by atomic mass is 16.3. The van der Waals surface area contributed by atoms with Crippen LogP contribution in [0.2, 0.25) is 0 Å². The van der Waals surface area contributed by atoms with Gasteiger partial charge in [0.15, 0.2) is 0 Å². The van der Waals surface area contributed by atoms with E-state index >= 15 is 0 Å². The Morgan fingerprint density at radius 3 is 2.40 bits per heavy atom. The van der Waals surface area contributed by atoms with Crippen LogP contribution in [0.4, 0.5) is 0 Å². The average molecular weight is 198 g/mol. The highest BCUT2D eigenvalue weighted by Gasteiger charge is 2.25. The van der Waals surface area contributed by atoms with Gasteiger partial charge in [-0.1, -0.05) is 36.4 Å². The lowest BCUT2D eigenvalue weighted by Gasteiger charge is -2.08. The summed E-state index contributed by atoms with van der Waals surface area (Å²) in [4.78, 5) is 0. The van der Waals surface area contributed by atoms with E-state index in [1.54, 1.807) is 0 Å². The van der Waals surface area contributed by atoms with Crippen molar-refractivity contribution in [3.63, 3.8) is 0 Å². The van der Waals surface area contributed by atoms with Gasteiger partial charge in [0.25, 0.3) is 0 Å². The molecular formula is C14H14O. The Morgan fingerprint density at radius 1 is 1.00 bits per heavy atom. The molecule has 15 heavy (non-hydrogen) atoms. The lowest BCUT2D eigenvalue weighted by Crippen LogP contribution is -1.89. The summed E-state index contributed by atoms with van der Waals surface area (Å²) in [6.07, 6.45) is 2.64. The van der Waals surface area contributed by atoms with E-state index in [0.29, 0.717) is 0 Å². The highest BCUT2D eigenvalue weighted by molar-refractivity contribution is 5.89. The molecule has 0 unspecified atom stereocenters. The molecule has 1 heteroatoms. The number of benzene rings is 2. The molecule has 0 aromatic heterocycles. The molecule has 1 N–H and O–H groups in total. The summed E-state index contributed by atoms with van der Waals surface area (Å²) in [5.74, 6) is 0.766. The molecule has 0 spiro atoms. The quantitative estimate of drug-likeness (QED) is 0.785. The molecule has 0 saturated heterocycles. The molecule has 0 atom stereocenters. The Kier molecular flexibility index (Phi) is 2.00. The van der Waals surface area contributed by atoms with Crippen LogP contribution < -0.4 is 0 Å². The maximum Gasteiger partial charge on any atom is 0.0687 e. The van der Waals surface area contributed by atoms with Gasteiger partial charge in [-0.2, -0.15) is 0 Å². The van der Waals surface area contributed by atoms with Crippen molar-refractivity contribution in [3.8, 4) is 0 Å². The third kappa shape index (κ3) is 1.44. The molecule has 3 rings (SSSR count). The van der Waals surface area contributed by atoms with Gasteiger partial charge in [-0.05, 0) is 40.7 Å². The molecule has 76 valence electrons. The molecule has 0 bridgehead atoms. The van der Waals surface area contributed by atoms with Crippen molar-refractivity contribution >= 4 is 10.8 Å². The first-order valence-electron chi connectivity index (χ1n) is 5.51. The van der Waals surface area contributed by atoms with E-state index in [1.807, 2.05) is 6.07 Å². The van der Waals surface area contributed by atoms with Gasteiger partial charge in [0.2, 0.25) is 0 Å². The van der Waals surface area contributed by atoms with Gasteiger partial charge in [-0.15, -0.1) is 0 Å². The molecule has 0 heterocycles. The van der Waals surface area contributed by atoms with Gasteiger partial charge in [0.1, 0.15) is 0 Å². The lowest BCUT2D eigenvalue weighted by atomic mass is 9.97. The Hall–Kier alpha value is -1.34.